The fraction of sp³-hybridized carbons (Fsp3) is 0.0455. The van der Waals surface area contributed by atoms with Gasteiger partial charge in [-0.05, 0) is 60.7 Å². The molecule has 0 spiro atoms. The van der Waals surface area contributed by atoms with Gasteiger partial charge in [0.1, 0.15) is 29.7 Å². The molecule has 4 rings (SSSR count). The molecule has 0 amide bonds. The molecule has 0 radical (unpaired) electrons. The van der Waals surface area contributed by atoms with E-state index in [0.29, 0.717) is 6.61 Å². The number of imidazole rings is 1. The van der Waals surface area contributed by atoms with Crippen LogP contribution in [0.5, 0.6) is 17.2 Å². The van der Waals surface area contributed by atoms with Gasteiger partial charge in [0.25, 0.3) is 0 Å². The molecule has 27 heavy (non-hydrogen) atoms. The van der Waals surface area contributed by atoms with Crippen LogP contribution in [0.2, 0.25) is 0 Å². The molecule has 0 bridgehead atoms. The van der Waals surface area contributed by atoms with Crippen LogP contribution in [-0.4, -0.2) is 9.97 Å². The van der Waals surface area contributed by atoms with Crippen molar-refractivity contribution < 1.29 is 9.47 Å². The first-order valence-electron chi connectivity index (χ1n) is 8.52. The Morgan fingerprint density at radius 2 is 1.44 bits per heavy atom. The first-order valence-corrected chi connectivity index (χ1v) is 9.31. The van der Waals surface area contributed by atoms with Crippen LogP contribution < -0.4 is 9.47 Å². The number of para-hydroxylation sites is 1. The van der Waals surface area contributed by atoms with Crippen LogP contribution in [-0.2, 0) is 6.61 Å². The van der Waals surface area contributed by atoms with Gasteiger partial charge >= 0.3 is 0 Å². The smallest absolute Gasteiger partial charge is 0.146 e. The second kappa shape index (κ2) is 8.10. The SMILES string of the molecule is Brc1ccc(Oc2ccc(-c3c[nH]c(COc4ccccc4)n3)cc2)cc1. The highest BCUT2D eigenvalue weighted by molar-refractivity contribution is 9.10. The number of ether oxygens (including phenoxy) is 2. The van der Waals surface area contributed by atoms with E-state index >= 15 is 0 Å². The minimum atomic E-state index is 0.398. The largest absolute Gasteiger partial charge is 0.486 e. The van der Waals surface area contributed by atoms with E-state index in [1.807, 2.05) is 85.1 Å². The Morgan fingerprint density at radius 1 is 0.778 bits per heavy atom. The van der Waals surface area contributed by atoms with E-state index in [4.69, 9.17) is 9.47 Å². The Labute approximate surface area is 165 Å². The average molecular weight is 421 g/mol. The lowest BCUT2D eigenvalue weighted by Gasteiger charge is -2.06. The van der Waals surface area contributed by atoms with Gasteiger partial charge in [0, 0.05) is 16.2 Å². The van der Waals surface area contributed by atoms with E-state index in [1.165, 1.54) is 0 Å². The highest BCUT2D eigenvalue weighted by atomic mass is 79.9. The minimum Gasteiger partial charge on any atom is -0.486 e. The van der Waals surface area contributed by atoms with Crippen LogP contribution in [0, 0.1) is 0 Å². The molecule has 0 aliphatic heterocycles. The van der Waals surface area contributed by atoms with Crippen molar-refractivity contribution in [2.45, 2.75) is 6.61 Å². The molecule has 0 fully saturated rings. The lowest BCUT2D eigenvalue weighted by molar-refractivity contribution is 0.297. The van der Waals surface area contributed by atoms with Gasteiger partial charge in [-0.1, -0.05) is 34.1 Å². The molecule has 1 N–H and O–H groups in total. The van der Waals surface area contributed by atoms with Crippen LogP contribution >= 0.6 is 15.9 Å². The van der Waals surface area contributed by atoms with E-state index in [0.717, 1.165) is 38.8 Å². The molecule has 1 heterocycles. The number of halogens is 1. The molecule has 0 saturated heterocycles. The van der Waals surface area contributed by atoms with Crippen molar-refractivity contribution in [3.8, 4) is 28.5 Å². The molecular formula is C22H17BrN2O2. The van der Waals surface area contributed by atoms with Crippen molar-refractivity contribution in [1.82, 2.24) is 9.97 Å². The molecule has 0 atom stereocenters. The summed E-state index contributed by atoms with van der Waals surface area (Å²) in [5, 5.41) is 0. The molecule has 1 aromatic heterocycles. The first-order chi connectivity index (χ1) is 13.3. The van der Waals surface area contributed by atoms with Crippen LogP contribution in [0.15, 0.2) is 89.5 Å². The van der Waals surface area contributed by atoms with E-state index in [2.05, 4.69) is 25.9 Å². The highest BCUT2D eigenvalue weighted by Gasteiger charge is 2.06. The van der Waals surface area contributed by atoms with Crippen LogP contribution in [0.1, 0.15) is 5.82 Å². The molecule has 3 aromatic carbocycles. The van der Waals surface area contributed by atoms with E-state index < -0.39 is 0 Å². The molecule has 0 saturated carbocycles. The predicted octanol–water partition coefficient (Wildman–Crippen LogP) is 6.21. The fourth-order valence-electron chi connectivity index (χ4n) is 2.58. The summed E-state index contributed by atoms with van der Waals surface area (Å²) in [6, 6.07) is 25.3. The number of rotatable bonds is 6. The van der Waals surface area contributed by atoms with Crippen LogP contribution in [0.25, 0.3) is 11.3 Å². The molecule has 4 nitrogen and oxygen atoms in total. The standard InChI is InChI=1S/C22H17BrN2O2/c23-17-8-12-20(13-9-17)27-19-10-6-16(7-11-19)21-14-24-22(25-21)15-26-18-4-2-1-3-5-18/h1-14H,15H2,(H,24,25). The summed E-state index contributed by atoms with van der Waals surface area (Å²) in [4.78, 5) is 7.75. The van der Waals surface area contributed by atoms with Gasteiger partial charge in [0.2, 0.25) is 0 Å². The second-order valence-corrected chi connectivity index (χ2v) is 6.83. The van der Waals surface area contributed by atoms with Crippen molar-refractivity contribution >= 4 is 15.9 Å². The second-order valence-electron chi connectivity index (χ2n) is 5.91. The molecule has 0 unspecified atom stereocenters. The Kier molecular flexibility index (Phi) is 5.21. The summed E-state index contributed by atoms with van der Waals surface area (Å²) in [6.07, 6.45) is 1.88. The molecule has 5 heteroatoms. The van der Waals surface area contributed by atoms with Gasteiger partial charge in [0.05, 0.1) is 5.69 Å². The van der Waals surface area contributed by atoms with Crippen molar-refractivity contribution in [2.24, 2.45) is 0 Å². The van der Waals surface area contributed by atoms with Crippen molar-refractivity contribution in [3.05, 3.63) is 95.4 Å². The quantitative estimate of drug-likeness (QED) is 0.403. The molecule has 0 aliphatic carbocycles. The van der Waals surface area contributed by atoms with Crippen LogP contribution in [0.4, 0.5) is 0 Å². The predicted molar refractivity (Wildman–Crippen MR) is 109 cm³/mol. The number of nitrogens with zero attached hydrogens (tertiary/aromatic N) is 1. The van der Waals surface area contributed by atoms with Crippen molar-refractivity contribution in [3.63, 3.8) is 0 Å². The summed E-state index contributed by atoms with van der Waals surface area (Å²) in [5.41, 5.74) is 1.89. The Hall–Kier alpha value is -3.05. The number of hydrogen-bond donors (Lipinski definition) is 1. The summed E-state index contributed by atoms with van der Waals surface area (Å²) >= 11 is 3.42. The number of nitrogens with one attached hydrogen (secondary N) is 1. The lowest BCUT2D eigenvalue weighted by atomic mass is 10.1. The third kappa shape index (κ3) is 4.57. The zero-order valence-corrected chi connectivity index (χ0v) is 16.0. The number of hydrogen-bond acceptors (Lipinski definition) is 3. The molecular weight excluding hydrogens is 404 g/mol. The zero-order valence-electron chi connectivity index (χ0n) is 14.4. The Balaban J connectivity index is 1.40. The van der Waals surface area contributed by atoms with Crippen molar-refractivity contribution in [1.29, 1.82) is 0 Å². The third-order valence-corrected chi connectivity index (χ3v) is 4.48. The van der Waals surface area contributed by atoms with Gasteiger partial charge in [-0.15, -0.1) is 0 Å². The van der Waals surface area contributed by atoms with E-state index in [9.17, 15) is 0 Å². The topological polar surface area (TPSA) is 47.1 Å². The van der Waals surface area contributed by atoms with E-state index in [1.54, 1.807) is 0 Å². The van der Waals surface area contributed by atoms with Gasteiger partial charge in [-0.3, -0.25) is 0 Å². The number of benzene rings is 3. The summed E-state index contributed by atoms with van der Waals surface area (Å²) in [5.74, 6) is 3.18. The Bertz CT molecular complexity index is 997. The van der Waals surface area contributed by atoms with Crippen molar-refractivity contribution in [2.75, 3.05) is 0 Å². The summed E-state index contributed by atoms with van der Waals surface area (Å²) in [6.45, 7) is 0.398. The van der Waals surface area contributed by atoms with Gasteiger partial charge in [-0.25, -0.2) is 4.98 Å². The first kappa shape index (κ1) is 17.4. The molecule has 0 aliphatic rings. The lowest BCUT2D eigenvalue weighted by Crippen LogP contribution is -1.97. The summed E-state index contributed by atoms with van der Waals surface area (Å²) < 4.78 is 12.6. The van der Waals surface area contributed by atoms with Crippen LogP contribution in [0.3, 0.4) is 0 Å². The summed E-state index contributed by atoms with van der Waals surface area (Å²) in [7, 11) is 0. The third-order valence-electron chi connectivity index (χ3n) is 3.95. The van der Waals surface area contributed by atoms with Gasteiger partial charge in [0.15, 0.2) is 0 Å². The maximum atomic E-state index is 5.85. The molecule has 134 valence electrons. The number of aromatic nitrogens is 2. The zero-order chi connectivity index (χ0) is 18.5. The molecule has 4 aromatic rings. The van der Waals surface area contributed by atoms with E-state index in [-0.39, 0.29) is 0 Å². The monoisotopic (exact) mass is 420 g/mol. The average Bonchev–Trinajstić information content (AvgIpc) is 3.19. The van der Waals surface area contributed by atoms with Gasteiger partial charge < -0.3 is 14.5 Å². The minimum absolute atomic E-state index is 0.398. The highest BCUT2D eigenvalue weighted by Crippen LogP contribution is 2.26. The van der Waals surface area contributed by atoms with Gasteiger partial charge in [-0.2, -0.15) is 0 Å². The fourth-order valence-corrected chi connectivity index (χ4v) is 2.85. The number of H-pyrrole nitrogens is 1. The number of aromatic amines is 1. The maximum absolute atomic E-state index is 5.85. The normalized spacial score (nSPS) is 10.6. The Morgan fingerprint density at radius 3 is 2.15 bits per heavy atom. The maximum Gasteiger partial charge on any atom is 0.146 e.